The van der Waals surface area contributed by atoms with Gasteiger partial charge in [-0.25, -0.2) is 4.98 Å². The number of rotatable bonds is 7. The molecule has 0 unspecified atom stereocenters. The normalized spacial score (nSPS) is 10.8. The molecule has 2 N–H and O–H groups in total. The van der Waals surface area contributed by atoms with Crippen LogP contribution in [-0.2, 0) is 0 Å². The van der Waals surface area contributed by atoms with Gasteiger partial charge in [-0.15, -0.1) is 0 Å². The summed E-state index contributed by atoms with van der Waals surface area (Å²) in [7, 11) is 1.76. The van der Waals surface area contributed by atoms with Crippen LogP contribution in [0.3, 0.4) is 0 Å². The topological polar surface area (TPSA) is 61.3 Å². The zero-order valence-corrected chi connectivity index (χ0v) is 11.9. The predicted molar refractivity (Wildman–Crippen MR) is 75.4 cm³/mol. The van der Waals surface area contributed by atoms with Crippen molar-refractivity contribution in [1.29, 1.82) is 0 Å². The molecule has 0 aromatic carbocycles. The van der Waals surface area contributed by atoms with Gasteiger partial charge in [0.1, 0.15) is 5.02 Å². The molecule has 1 aromatic rings. The van der Waals surface area contributed by atoms with Gasteiger partial charge in [0.15, 0.2) is 5.82 Å². The maximum absolute atomic E-state index is 9.21. The van der Waals surface area contributed by atoms with E-state index in [1.54, 1.807) is 13.2 Å². The Labute approximate surface area is 113 Å². The summed E-state index contributed by atoms with van der Waals surface area (Å²) in [6.07, 6.45) is 3.54. The van der Waals surface area contributed by atoms with E-state index in [9.17, 15) is 5.11 Å². The second-order valence-corrected chi connectivity index (χ2v) is 4.41. The summed E-state index contributed by atoms with van der Waals surface area (Å²) in [4.78, 5) is 10.5. The molecule has 18 heavy (non-hydrogen) atoms. The molecular weight excluding hydrogens is 252 g/mol. The first-order valence-electron chi connectivity index (χ1n) is 6.25. The first-order chi connectivity index (χ1) is 8.67. The summed E-state index contributed by atoms with van der Waals surface area (Å²) in [5.41, 5.74) is 0. The fourth-order valence-corrected chi connectivity index (χ4v) is 2.18. The highest BCUT2D eigenvalue weighted by molar-refractivity contribution is 6.32. The Morgan fingerprint density at radius 2 is 2.11 bits per heavy atom. The van der Waals surface area contributed by atoms with Crippen LogP contribution >= 0.6 is 11.6 Å². The zero-order chi connectivity index (χ0) is 13.5. The van der Waals surface area contributed by atoms with Crippen molar-refractivity contribution in [3.8, 4) is 0 Å². The number of aliphatic hydroxyl groups excluding tert-OH is 1. The molecule has 0 aliphatic heterocycles. The van der Waals surface area contributed by atoms with Gasteiger partial charge in [-0.3, -0.25) is 0 Å². The zero-order valence-electron chi connectivity index (χ0n) is 11.1. The lowest BCUT2D eigenvalue weighted by molar-refractivity contribution is 0.295. The van der Waals surface area contributed by atoms with Crippen molar-refractivity contribution in [2.24, 2.45) is 0 Å². The molecule has 0 radical (unpaired) electrons. The van der Waals surface area contributed by atoms with Crippen LogP contribution in [0.2, 0.25) is 5.02 Å². The van der Waals surface area contributed by atoms with Crippen molar-refractivity contribution < 1.29 is 5.11 Å². The Balaban J connectivity index is 3.10. The first kappa shape index (κ1) is 15.0. The van der Waals surface area contributed by atoms with E-state index in [1.807, 2.05) is 4.90 Å². The Morgan fingerprint density at radius 1 is 1.44 bits per heavy atom. The average molecular weight is 273 g/mol. The second kappa shape index (κ2) is 7.38. The molecular formula is C12H21ClN4O. The second-order valence-electron chi connectivity index (χ2n) is 4.00. The maximum atomic E-state index is 9.21. The predicted octanol–water partition coefficient (Wildman–Crippen LogP) is 2.16. The van der Waals surface area contributed by atoms with Crippen molar-refractivity contribution >= 4 is 23.4 Å². The van der Waals surface area contributed by atoms with E-state index in [4.69, 9.17) is 11.6 Å². The highest BCUT2D eigenvalue weighted by Crippen LogP contribution is 2.26. The van der Waals surface area contributed by atoms with E-state index < -0.39 is 0 Å². The molecule has 0 bridgehead atoms. The van der Waals surface area contributed by atoms with Crippen LogP contribution in [0.1, 0.15) is 26.7 Å². The third-order valence-corrected chi connectivity index (χ3v) is 3.21. The molecule has 0 aliphatic rings. The van der Waals surface area contributed by atoms with E-state index in [1.165, 1.54) is 0 Å². The third kappa shape index (κ3) is 3.46. The fourth-order valence-electron chi connectivity index (χ4n) is 1.98. The smallest absolute Gasteiger partial charge is 0.224 e. The molecule has 1 heterocycles. The van der Waals surface area contributed by atoms with Gasteiger partial charge >= 0.3 is 0 Å². The third-order valence-electron chi connectivity index (χ3n) is 2.95. The monoisotopic (exact) mass is 272 g/mol. The minimum atomic E-state index is 0.0751. The standard InChI is InChI=1S/C12H21ClN4O/c1-4-9(5-2)17(6-7-18)11-10(13)8-15-12(14-3)16-11/h8-9,18H,4-7H2,1-3H3,(H,14,15,16). The van der Waals surface area contributed by atoms with Crippen molar-refractivity contribution in [3.05, 3.63) is 11.2 Å². The van der Waals surface area contributed by atoms with E-state index in [0.29, 0.717) is 29.4 Å². The Hall–Kier alpha value is -1.07. The van der Waals surface area contributed by atoms with E-state index in [0.717, 1.165) is 12.8 Å². The summed E-state index contributed by atoms with van der Waals surface area (Å²) in [5, 5.41) is 12.6. The summed E-state index contributed by atoms with van der Waals surface area (Å²) in [5.74, 6) is 1.21. The van der Waals surface area contributed by atoms with Gasteiger partial charge in [0.25, 0.3) is 0 Å². The summed E-state index contributed by atoms with van der Waals surface area (Å²) < 4.78 is 0. The Kier molecular flexibility index (Phi) is 6.15. The van der Waals surface area contributed by atoms with Crippen LogP contribution in [0.5, 0.6) is 0 Å². The van der Waals surface area contributed by atoms with E-state index in [2.05, 4.69) is 29.1 Å². The number of halogens is 1. The molecule has 0 saturated heterocycles. The number of hydrogen-bond acceptors (Lipinski definition) is 5. The quantitative estimate of drug-likeness (QED) is 0.796. The van der Waals surface area contributed by atoms with Crippen molar-refractivity contribution in [2.45, 2.75) is 32.7 Å². The molecule has 0 aliphatic carbocycles. The number of nitrogens with zero attached hydrogens (tertiary/aromatic N) is 3. The number of aromatic nitrogens is 2. The lowest BCUT2D eigenvalue weighted by Crippen LogP contribution is -2.37. The van der Waals surface area contributed by atoms with E-state index in [-0.39, 0.29) is 6.61 Å². The van der Waals surface area contributed by atoms with Crippen molar-refractivity contribution in [2.75, 3.05) is 30.4 Å². The van der Waals surface area contributed by atoms with Crippen LogP contribution in [-0.4, -0.2) is 41.3 Å². The number of hydrogen-bond donors (Lipinski definition) is 2. The minimum Gasteiger partial charge on any atom is -0.395 e. The number of anilines is 2. The largest absolute Gasteiger partial charge is 0.395 e. The fraction of sp³-hybridized carbons (Fsp3) is 0.667. The Bertz CT molecular complexity index is 371. The van der Waals surface area contributed by atoms with Crippen LogP contribution < -0.4 is 10.2 Å². The van der Waals surface area contributed by atoms with Crippen LogP contribution in [0.25, 0.3) is 0 Å². The number of nitrogens with one attached hydrogen (secondary N) is 1. The van der Waals surface area contributed by atoms with E-state index >= 15 is 0 Å². The molecule has 0 saturated carbocycles. The lowest BCUT2D eigenvalue weighted by atomic mass is 10.1. The summed E-state index contributed by atoms with van der Waals surface area (Å²) in [6.45, 7) is 4.83. The SMILES string of the molecule is CCC(CC)N(CCO)c1nc(NC)ncc1Cl. The number of aliphatic hydroxyl groups is 1. The minimum absolute atomic E-state index is 0.0751. The van der Waals surface area contributed by atoms with Gasteiger partial charge in [0, 0.05) is 19.6 Å². The summed E-state index contributed by atoms with van der Waals surface area (Å²) >= 11 is 6.17. The lowest BCUT2D eigenvalue weighted by Gasteiger charge is -2.31. The van der Waals surface area contributed by atoms with Gasteiger partial charge < -0.3 is 15.3 Å². The van der Waals surface area contributed by atoms with Gasteiger partial charge in [-0.05, 0) is 12.8 Å². The van der Waals surface area contributed by atoms with Gasteiger partial charge in [0.2, 0.25) is 5.95 Å². The molecule has 1 aromatic heterocycles. The van der Waals surface area contributed by atoms with Crippen molar-refractivity contribution in [3.63, 3.8) is 0 Å². The molecule has 1 rings (SSSR count). The summed E-state index contributed by atoms with van der Waals surface area (Å²) in [6, 6.07) is 0.314. The first-order valence-corrected chi connectivity index (χ1v) is 6.63. The highest BCUT2D eigenvalue weighted by Gasteiger charge is 2.19. The van der Waals surface area contributed by atoms with Crippen LogP contribution in [0.4, 0.5) is 11.8 Å². The van der Waals surface area contributed by atoms with Gasteiger partial charge in [-0.2, -0.15) is 4.98 Å². The van der Waals surface area contributed by atoms with Gasteiger partial charge in [-0.1, -0.05) is 25.4 Å². The molecule has 6 heteroatoms. The molecule has 0 fully saturated rings. The van der Waals surface area contributed by atoms with Gasteiger partial charge in [0.05, 0.1) is 12.8 Å². The van der Waals surface area contributed by atoms with Crippen molar-refractivity contribution in [1.82, 2.24) is 9.97 Å². The molecule has 0 amide bonds. The molecule has 102 valence electrons. The molecule has 0 atom stereocenters. The van der Waals surface area contributed by atoms with Crippen LogP contribution in [0, 0.1) is 0 Å². The van der Waals surface area contributed by atoms with Crippen LogP contribution in [0.15, 0.2) is 6.20 Å². The molecule has 5 nitrogen and oxygen atoms in total. The average Bonchev–Trinajstić information content (AvgIpc) is 2.40. The maximum Gasteiger partial charge on any atom is 0.224 e. The Morgan fingerprint density at radius 3 is 2.61 bits per heavy atom. The highest BCUT2D eigenvalue weighted by atomic mass is 35.5. The molecule has 0 spiro atoms.